The first-order valence-corrected chi connectivity index (χ1v) is 8.87. The third-order valence-electron chi connectivity index (χ3n) is 4.80. The van der Waals surface area contributed by atoms with E-state index in [0.717, 1.165) is 38.3 Å². The zero-order valence-electron chi connectivity index (χ0n) is 14.9. The van der Waals surface area contributed by atoms with Crippen molar-refractivity contribution in [1.82, 2.24) is 20.0 Å². The second kappa shape index (κ2) is 7.70. The van der Waals surface area contributed by atoms with Crippen LogP contribution >= 0.6 is 0 Å². The molecule has 134 valence electrons. The van der Waals surface area contributed by atoms with E-state index >= 15 is 0 Å². The highest BCUT2D eigenvalue weighted by molar-refractivity contribution is 5.94. The van der Waals surface area contributed by atoms with E-state index in [2.05, 4.69) is 35.4 Å². The number of carbonyl (C=O) groups is 1. The Balaban J connectivity index is 1.48. The Morgan fingerprint density at radius 1 is 1.44 bits per heavy atom. The largest absolute Gasteiger partial charge is 0.508 e. The van der Waals surface area contributed by atoms with Crippen LogP contribution < -0.4 is 5.32 Å². The Kier molecular flexibility index (Phi) is 5.38. The van der Waals surface area contributed by atoms with E-state index < -0.39 is 0 Å². The van der Waals surface area contributed by atoms with Crippen molar-refractivity contribution >= 4 is 5.91 Å². The lowest BCUT2D eigenvalue weighted by atomic mass is 10.1. The number of nitrogens with one attached hydrogen (secondary N) is 1. The molecule has 6 nitrogen and oxygen atoms in total. The molecule has 1 aromatic carbocycles. The van der Waals surface area contributed by atoms with Gasteiger partial charge in [-0.3, -0.25) is 14.4 Å². The Bertz CT molecular complexity index is 741. The maximum atomic E-state index is 12.2. The molecule has 1 aromatic heterocycles. The number of phenols is 1. The van der Waals surface area contributed by atoms with Crippen molar-refractivity contribution in [2.45, 2.75) is 33.4 Å². The minimum absolute atomic E-state index is 0.114. The Morgan fingerprint density at radius 2 is 2.28 bits per heavy atom. The molecular weight excluding hydrogens is 316 g/mol. The van der Waals surface area contributed by atoms with Crippen LogP contribution in [-0.2, 0) is 13.1 Å². The number of likely N-dealkylation sites (tertiary alicyclic amines) is 1. The van der Waals surface area contributed by atoms with Gasteiger partial charge in [0.1, 0.15) is 5.75 Å². The highest BCUT2D eigenvalue weighted by atomic mass is 16.3. The van der Waals surface area contributed by atoms with E-state index in [1.807, 2.05) is 4.68 Å². The first-order chi connectivity index (χ1) is 12.0. The Morgan fingerprint density at radius 3 is 3.00 bits per heavy atom. The van der Waals surface area contributed by atoms with Gasteiger partial charge in [-0.2, -0.15) is 5.10 Å². The topological polar surface area (TPSA) is 70.4 Å². The van der Waals surface area contributed by atoms with E-state index in [-0.39, 0.29) is 11.7 Å². The minimum atomic E-state index is -0.130. The predicted octanol–water partition coefficient (Wildman–Crippen LogP) is 2.17. The molecule has 0 unspecified atom stereocenters. The van der Waals surface area contributed by atoms with Crippen LogP contribution in [0.2, 0.25) is 0 Å². The first kappa shape index (κ1) is 17.5. The number of rotatable bonds is 6. The van der Waals surface area contributed by atoms with Crippen molar-refractivity contribution in [2.75, 3.05) is 19.6 Å². The fourth-order valence-corrected chi connectivity index (χ4v) is 3.33. The molecule has 0 aliphatic carbocycles. The average molecular weight is 342 g/mol. The van der Waals surface area contributed by atoms with E-state index in [1.165, 1.54) is 11.6 Å². The Labute approximate surface area is 148 Å². The standard InChI is InChI=1S/C19H26N4O2/c1-3-23-13-17(14(2)21-23)12-22-8-7-15(11-22)10-20-19(25)16-5-4-6-18(24)9-16/h4-6,9,13,15,24H,3,7-8,10-12H2,1-2H3,(H,20,25)/t15-/m0/s1. The van der Waals surface area contributed by atoms with Crippen LogP contribution in [0, 0.1) is 12.8 Å². The average Bonchev–Trinajstić information content (AvgIpc) is 3.19. The number of benzene rings is 1. The normalized spacial score (nSPS) is 17.8. The molecule has 6 heteroatoms. The molecule has 2 heterocycles. The van der Waals surface area contributed by atoms with Gasteiger partial charge in [-0.1, -0.05) is 6.07 Å². The summed E-state index contributed by atoms with van der Waals surface area (Å²) in [4.78, 5) is 14.6. The number of amides is 1. The number of aromatic nitrogens is 2. The van der Waals surface area contributed by atoms with Crippen molar-refractivity contribution in [1.29, 1.82) is 0 Å². The summed E-state index contributed by atoms with van der Waals surface area (Å²) < 4.78 is 1.98. The monoisotopic (exact) mass is 342 g/mol. The molecule has 1 saturated heterocycles. The predicted molar refractivity (Wildman–Crippen MR) is 96.5 cm³/mol. The van der Waals surface area contributed by atoms with Gasteiger partial charge in [0, 0.05) is 43.5 Å². The number of phenolic OH excluding ortho intramolecular Hbond substituents is 1. The van der Waals surface area contributed by atoms with Crippen molar-refractivity contribution < 1.29 is 9.90 Å². The summed E-state index contributed by atoms with van der Waals surface area (Å²) in [6.45, 7) is 8.66. The summed E-state index contributed by atoms with van der Waals surface area (Å²) in [5.74, 6) is 0.444. The molecular formula is C19H26N4O2. The third kappa shape index (κ3) is 4.39. The third-order valence-corrected chi connectivity index (χ3v) is 4.80. The lowest BCUT2D eigenvalue weighted by Crippen LogP contribution is -2.30. The van der Waals surface area contributed by atoms with Gasteiger partial charge in [-0.05, 0) is 50.9 Å². The highest BCUT2D eigenvalue weighted by Crippen LogP contribution is 2.19. The van der Waals surface area contributed by atoms with Crippen LogP contribution in [0.15, 0.2) is 30.5 Å². The molecule has 1 aliphatic rings. The highest BCUT2D eigenvalue weighted by Gasteiger charge is 2.24. The van der Waals surface area contributed by atoms with E-state index in [4.69, 9.17) is 0 Å². The number of carbonyl (C=O) groups excluding carboxylic acids is 1. The number of hydrogen-bond donors (Lipinski definition) is 2. The number of aryl methyl sites for hydroxylation is 2. The fraction of sp³-hybridized carbons (Fsp3) is 0.474. The summed E-state index contributed by atoms with van der Waals surface area (Å²) in [6.07, 6.45) is 3.22. The van der Waals surface area contributed by atoms with Gasteiger partial charge >= 0.3 is 0 Å². The second-order valence-electron chi connectivity index (χ2n) is 6.75. The number of nitrogens with zero attached hydrogens (tertiary/aromatic N) is 3. The number of hydrogen-bond acceptors (Lipinski definition) is 4. The van der Waals surface area contributed by atoms with Crippen molar-refractivity contribution in [3.05, 3.63) is 47.3 Å². The minimum Gasteiger partial charge on any atom is -0.508 e. The van der Waals surface area contributed by atoms with Crippen molar-refractivity contribution in [3.8, 4) is 5.75 Å². The molecule has 1 aliphatic heterocycles. The SMILES string of the molecule is CCn1cc(CN2CC[C@@H](CNC(=O)c3cccc(O)c3)C2)c(C)n1. The fourth-order valence-electron chi connectivity index (χ4n) is 3.33. The van der Waals surface area contributed by atoms with Crippen molar-refractivity contribution in [3.63, 3.8) is 0 Å². The molecule has 25 heavy (non-hydrogen) atoms. The number of aromatic hydroxyl groups is 1. The smallest absolute Gasteiger partial charge is 0.251 e. The van der Waals surface area contributed by atoms with Crippen LogP contribution in [0.4, 0.5) is 0 Å². The quantitative estimate of drug-likeness (QED) is 0.844. The zero-order valence-corrected chi connectivity index (χ0v) is 14.9. The lowest BCUT2D eigenvalue weighted by molar-refractivity contribution is 0.0947. The molecule has 0 saturated carbocycles. The molecule has 1 atom stereocenters. The summed E-state index contributed by atoms with van der Waals surface area (Å²) in [5, 5.41) is 17.0. The van der Waals surface area contributed by atoms with Gasteiger partial charge in [0.05, 0.1) is 5.69 Å². The Hall–Kier alpha value is -2.34. The van der Waals surface area contributed by atoms with Gasteiger partial charge in [-0.15, -0.1) is 0 Å². The molecule has 2 aromatic rings. The molecule has 3 rings (SSSR count). The van der Waals surface area contributed by atoms with E-state index in [1.54, 1.807) is 18.2 Å². The van der Waals surface area contributed by atoms with Crippen LogP contribution in [-0.4, -0.2) is 45.3 Å². The van der Waals surface area contributed by atoms with E-state index in [0.29, 0.717) is 18.0 Å². The van der Waals surface area contributed by atoms with Gasteiger partial charge in [0.25, 0.3) is 5.91 Å². The summed E-state index contributed by atoms with van der Waals surface area (Å²) >= 11 is 0. The molecule has 1 amide bonds. The van der Waals surface area contributed by atoms with Gasteiger partial charge in [0.2, 0.25) is 0 Å². The van der Waals surface area contributed by atoms with Gasteiger partial charge < -0.3 is 10.4 Å². The van der Waals surface area contributed by atoms with Crippen LogP contribution in [0.3, 0.4) is 0 Å². The van der Waals surface area contributed by atoms with Gasteiger partial charge in [-0.25, -0.2) is 0 Å². The maximum Gasteiger partial charge on any atom is 0.251 e. The van der Waals surface area contributed by atoms with E-state index in [9.17, 15) is 9.90 Å². The summed E-state index contributed by atoms with van der Waals surface area (Å²) in [5.41, 5.74) is 2.88. The maximum absolute atomic E-state index is 12.2. The molecule has 0 bridgehead atoms. The molecule has 2 N–H and O–H groups in total. The zero-order chi connectivity index (χ0) is 17.8. The molecule has 0 spiro atoms. The lowest BCUT2D eigenvalue weighted by Gasteiger charge is -2.16. The summed E-state index contributed by atoms with van der Waals surface area (Å²) in [6, 6.07) is 6.45. The van der Waals surface area contributed by atoms with Crippen LogP contribution in [0.1, 0.15) is 35.0 Å². The molecule has 0 radical (unpaired) electrons. The first-order valence-electron chi connectivity index (χ1n) is 8.87. The molecule has 1 fully saturated rings. The van der Waals surface area contributed by atoms with Crippen molar-refractivity contribution in [2.24, 2.45) is 5.92 Å². The second-order valence-corrected chi connectivity index (χ2v) is 6.75. The van der Waals surface area contributed by atoms with Crippen LogP contribution in [0.5, 0.6) is 5.75 Å². The van der Waals surface area contributed by atoms with Gasteiger partial charge in [0.15, 0.2) is 0 Å². The van der Waals surface area contributed by atoms with Crippen LogP contribution in [0.25, 0.3) is 0 Å². The summed E-state index contributed by atoms with van der Waals surface area (Å²) in [7, 11) is 0.